The van der Waals surface area contributed by atoms with Crippen molar-refractivity contribution >= 4 is 0 Å². The van der Waals surface area contributed by atoms with E-state index in [1.165, 1.54) is 115 Å². The van der Waals surface area contributed by atoms with E-state index in [0.717, 1.165) is 24.0 Å². The normalized spacial score (nSPS) is 13.2. The number of hydrogen-bond donors (Lipinski definition) is 1. The lowest BCUT2D eigenvalue weighted by molar-refractivity contribution is -0.922. The summed E-state index contributed by atoms with van der Waals surface area (Å²) >= 11 is 0. The lowest BCUT2D eigenvalue weighted by atomic mass is 10.1. The van der Waals surface area contributed by atoms with Crippen molar-refractivity contribution in [3.8, 4) is 0 Å². The van der Waals surface area contributed by atoms with Crippen LogP contribution >= 0.6 is 0 Å². The number of nitrogens with two attached hydrogens (primary N) is 1. The van der Waals surface area contributed by atoms with E-state index in [4.69, 9.17) is 5.73 Å². The van der Waals surface area contributed by atoms with Crippen molar-refractivity contribution in [1.29, 1.82) is 0 Å². The molecule has 0 saturated carbocycles. The van der Waals surface area contributed by atoms with Crippen LogP contribution in [0.15, 0.2) is 42.5 Å². The van der Waals surface area contributed by atoms with Crippen molar-refractivity contribution in [3.05, 3.63) is 48.0 Å². The largest absolute Gasteiger partial charge is 1.00 e. The molecule has 1 aromatic carbocycles. The van der Waals surface area contributed by atoms with Crippen LogP contribution in [0, 0.1) is 0 Å². The molecular weight excluding hydrogens is 424 g/mol. The Morgan fingerprint density at radius 2 is 1.15 bits per heavy atom. The summed E-state index contributed by atoms with van der Waals surface area (Å²) in [4.78, 5) is 0. The zero-order valence-corrected chi connectivity index (χ0v) is 22.8. The summed E-state index contributed by atoms with van der Waals surface area (Å²) in [5, 5.41) is 0. The van der Waals surface area contributed by atoms with Gasteiger partial charge in [0.15, 0.2) is 0 Å². The van der Waals surface area contributed by atoms with Gasteiger partial charge in [-0.2, -0.15) is 0 Å². The predicted octanol–water partition coefficient (Wildman–Crippen LogP) is 5.41. The molecule has 1 aromatic rings. The van der Waals surface area contributed by atoms with Gasteiger partial charge in [0.25, 0.3) is 0 Å². The van der Waals surface area contributed by atoms with Crippen LogP contribution < -0.4 is 18.1 Å². The third kappa shape index (κ3) is 19.2. The summed E-state index contributed by atoms with van der Waals surface area (Å²) in [6.45, 7) is 6.69. The molecule has 0 saturated heterocycles. The first kappa shape index (κ1) is 32.2. The molecular formula is C30H55ClN2. The van der Waals surface area contributed by atoms with E-state index in [1.807, 2.05) is 0 Å². The molecule has 0 fully saturated rings. The highest BCUT2D eigenvalue weighted by molar-refractivity contribution is 5.13. The number of rotatable bonds is 22. The average Bonchev–Trinajstić information content (AvgIpc) is 2.80. The first-order chi connectivity index (χ1) is 15.7. The Kier molecular flexibility index (Phi) is 22.4. The summed E-state index contributed by atoms with van der Waals surface area (Å²) in [7, 11) is 2.42. The maximum absolute atomic E-state index is 5.81. The number of nitrogens with zero attached hydrogens (tertiary/aromatic N) is 1. The molecule has 1 atom stereocenters. The van der Waals surface area contributed by atoms with Crippen molar-refractivity contribution in [3.63, 3.8) is 0 Å². The van der Waals surface area contributed by atoms with Crippen LogP contribution in [0.5, 0.6) is 0 Å². The minimum Gasteiger partial charge on any atom is -1.00 e. The molecule has 0 aliphatic carbocycles. The van der Waals surface area contributed by atoms with Gasteiger partial charge in [0.1, 0.15) is 6.54 Å². The van der Waals surface area contributed by atoms with Crippen LogP contribution in [0.4, 0.5) is 0 Å². The molecule has 2 nitrogen and oxygen atoms in total. The van der Waals surface area contributed by atoms with Gasteiger partial charge in [-0.1, -0.05) is 107 Å². The number of allylic oxidation sites excluding steroid dienone is 2. The molecule has 0 spiro atoms. The predicted molar refractivity (Wildman–Crippen MR) is 144 cm³/mol. The van der Waals surface area contributed by atoms with Crippen LogP contribution in [-0.2, 0) is 6.54 Å². The quantitative estimate of drug-likeness (QED) is 0.134. The standard InChI is InChI=1S/C30H55N2.ClH/c1-3-4-5-6-7-8-9-10-11-12-13-14-15-16-17-18-22-27-32(2,28-23-26-31)29-30-24-20-19-21-25-30;/h10-11,19-21,24-25H,3-9,12-18,22-23,26-29,31H2,1-2H3;1H/q+1;/p-1/b11-10-;. The van der Waals surface area contributed by atoms with Gasteiger partial charge in [0, 0.05) is 12.0 Å². The highest BCUT2D eigenvalue weighted by Gasteiger charge is 2.20. The summed E-state index contributed by atoms with van der Waals surface area (Å²) < 4.78 is 1.13. The van der Waals surface area contributed by atoms with Crippen LogP contribution in [0.1, 0.15) is 115 Å². The van der Waals surface area contributed by atoms with Gasteiger partial charge >= 0.3 is 0 Å². The Hall–Kier alpha value is -0.830. The van der Waals surface area contributed by atoms with E-state index in [1.54, 1.807) is 0 Å². The van der Waals surface area contributed by atoms with Crippen LogP contribution in [-0.4, -0.2) is 31.2 Å². The van der Waals surface area contributed by atoms with E-state index in [2.05, 4.69) is 56.5 Å². The fourth-order valence-electron chi connectivity index (χ4n) is 4.68. The average molecular weight is 479 g/mol. The third-order valence-electron chi connectivity index (χ3n) is 6.77. The van der Waals surface area contributed by atoms with Crippen molar-refractivity contribution < 1.29 is 16.9 Å². The van der Waals surface area contributed by atoms with Gasteiger partial charge < -0.3 is 22.6 Å². The SMILES string of the molecule is CCCCCCCC/C=C\CCCCCCCCC[N+](C)(CCCN)Cc1ccccc1.[Cl-]. The molecule has 1 unspecified atom stereocenters. The summed E-state index contributed by atoms with van der Waals surface area (Å²) in [6.07, 6.45) is 26.7. The van der Waals surface area contributed by atoms with Gasteiger partial charge in [-0.3, -0.25) is 0 Å². The monoisotopic (exact) mass is 478 g/mol. The van der Waals surface area contributed by atoms with Crippen LogP contribution in [0.25, 0.3) is 0 Å². The van der Waals surface area contributed by atoms with Gasteiger partial charge in [-0.05, 0) is 45.1 Å². The van der Waals surface area contributed by atoms with Crippen LogP contribution in [0.3, 0.4) is 0 Å². The minimum absolute atomic E-state index is 0. The minimum atomic E-state index is 0. The van der Waals surface area contributed by atoms with Gasteiger partial charge in [-0.25, -0.2) is 0 Å². The Balaban J connectivity index is 0.0000102. The maximum atomic E-state index is 5.81. The van der Waals surface area contributed by atoms with E-state index in [-0.39, 0.29) is 12.4 Å². The number of hydrogen-bond acceptors (Lipinski definition) is 1. The van der Waals surface area contributed by atoms with Gasteiger partial charge in [-0.15, -0.1) is 0 Å². The maximum Gasteiger partial charge on any atom is 0.104 e. The summed E-state index contributed by atoms with van der Waals surface area (Å²) in [6, 6.07) is 11.0. The molecule has 0 radical (unpaired) electrons. The number of halogens is 1. The zero-order chi connectivity index (χ0) is 23.2. The fourth-order valence-corrected chi connectivity index (χ4v) is 4.68. The molecule has 0 amide bonds. The summed E-state index contributed by atoms with van der Waals surface area (Å²) in [5.41, 5.74) is 7.26. The zero-order valence-electron chi connectivity index (χ0n) is 22.1. The van der Waals surface area contributed by atoms with E-state index in [9.17, 15) is 0 Å². The topological polar surface area (TPSA) is 26.0 Å². The fraction of sp³-hybridized carbons (Fsp3) is 0.733. The first-order valence-corrected chi connectivity index (χ1v) is 13.9. The van der Waals surface area contributed by atoms with Crippen molar-refractivity contribution in [2.45, 2.75) is 116 Å². The number of benzene rings is 1. The van der Waals surface area contributed by atoms with E-state index in [0.29, 0.717) is 0 Å². The van der Waals surface area contributed by atoms with Crippen molar-refractivity contribution in [2.24, 2.45) is 5.73 Å². The van der Waals surface area contributed by atoms with E-state index < -0.39 is 0 Å². The van der Waals surface area contributed by atoms with E-state index >= 15 is 0 Å². The Morgan fingerprint density at radius 1 is 0.667 bits per heavy atom. The highest BCUT2D eigenvalue weighted by Crippen LogP contribution is 2.16. The van der Waals surface area contributed by atoms with Crippen LogP contribution in [0.2, 0.25) is 0 Å². The van der Waals surface area contributed by atoms with Crippen molar-refractivity contribution in [1.82, 2.24) is 0 Å². The smallest absolute Gasteiger partial charge is 0.104 e. The number of unbranched alkanes of at least 4 members (excludes halogenated alkanes) is 13. The molecule has 0 aliphatic rings. The Morgan fingerprint density at radius 3 is 1.70 bits per heavy atom. The molecule has 0 aromatic heterocycles. The lowest BCUT2D eigenvalue weighted by Crippen LogP contribution is -3.00. The molecule has 0 heterocycles. The second kappa shape index (κ2) is 22.9. The third-order valence-corrected chi connectivity index (χ3v) is 6.77. The molecule has 192 valence electrons. The molecule has 2 N–H and O–H groups in total. The first-order valence-electron chi connectivity index (χ1n) is 13.9. The second-order valence-corrected chi connectivity index (χ2v) is 10.1. The number of quaternary nitrogens is 1. The Labute approximate surface area is 213 Å². The molecule has 0 bridgehead atoms. The Bertz CT molecular complexity index is 545. The highest BCUT2D eigenvalue weighted by atomic mass is 35.5. The second-order valence-electron chi connectivity index (χ2n) is 10.1. The van der Waals surface area contributed by atoms with Gasteiger partial charge in [0.2, 0.25) is 0 Å². The molecule has 1 rings (SSSR count). The lowest BCUT2D eigenvalue weighted by Gasteiger charge is -2.35. The molecule has 0 aliphatic heterocycles. The van der Waals surface area contributed by atoms with Crippen molar-refractivity contribution in [2.75, 3.05) is 26.7 Å². The van der Waals surface area contributed by atoms with Gasteiger partial charge in [0.05, 0.1) is 20.1 Å². The molecule has 33 heavy (non-hydrogen) atoms. The molecule has 3 heteroatoms. The summed E-state index contributed by atoms with van der Waals surface area (Å²) in [5.74, 6) is 0.